The van der Waals surface area contributed by atoms with E-state index in [1.54, 1.807) is 24.3 Å². The Bertz CT molecular complexity index is 635. The molecule has 2 aromatic carbocycles. The Balaban J connectivity index is 2.09. The van der Waals surface area contributed by atoms with Gasteiger partial charge in [-0.2, -0.15) is 0 Å². The number of rotatable bonds is 5. The molecule has 0 heterocycles. The van der Waals surface area contributed by atoms with Crippen molar-refractivity contribution in [1.29, 1.82) is 0 Å². The Hall–Kier alpha value is -2.53. The third kappa shape index (κ3) is 3.52. The van der Waals surface area contributed by atoms with Crippen molar-refractivity contribution in [1.82, 2.24) is 5.32 Å². The maximum absolute atomic E-state index is 11.1. The minimum Gasteiger partial charge on any atom is -0.507 e. The van der Waals surface area contributed by atoms with Crippen LogP contribution in [0.2, 0.25) is 0 Å². The van der Waals surface area contributed by atoms with Gasteiger partial charge in [0.15, 0.2) is 0 Å². The molecule has 2 aromatic rings. The Morgan fingerprint density at radius 2 is 1.81 bits per heavy atom. The number of carbonyl (C=O) groups is 1. The van der Waals surface area contributed by atoms with E-state index in [1.165, 1.54) is 12.1 Å². The van der Waals surface area contributed by atoms with Crippen molar-refractivity contribution in [3.05, 3.63) is 59.2 Å². The van der Waals surface area contributed by atoms with Crippen LogP contribution in [0.3, 0.4) is 0 Å². The first-order valence-corrected chi connectivity index (χ1v) is 6.62. The van der Waals surface area contributed by atoms with Gasteiger partial charge in [0.05, 0.1) is 5.56 Å². The van der Waals surface area contributed by atoms with Crippen LogP contribution in [0.15, 0.2) is 42.5 Å². The van der Waals surface area contributed by atoms with Gasteiger partial charge in [0.1, 0.15) is 11.5 Å². The zero-order valence-electron chi connectivity index (χ0n) is 11.7. The van der Waals surface area contributed by atoms with E-state index in [0.29, 0.717) is 17.7 Å². The largest absolute Gasteiger partial charge is 0.507 e. The van der Waals surface area contributed by atoms with Crippen molar-refractivity contribution in [2.24, 2.45) is 5.73 Å². The van der Waals surface area contributed by atoms with E-state index in [9.17, 15) is 15.0 Å². The summed E-state index contributed by atoms with van der Waals surface area (Å²) in [6.07, 6.45) is 0. The first-order valence-electron chi connectivity index (χ1n) is 6.62. The lowest BCUT2D eigenvalue weighted by molar-refractivity contribution is 0.1000. The molecule has 1 atom stereocenters. The number of amides is 1. The van der Waals surface area contributed by atoms with E-state index in [1.807, 2.05) is 13.0 Å². The van der Waals surface area contributed by atoms with Crippen LogP contribution >= 0.6 is 0 Å². The molecule has 21 heavy (non-hydrogen) atoms. The monoisotopic (exact) mass is 286 g/mol. The smallest absolute Gasteiger partial charge is 0.248 e. The van der Waals surface area contributed by atoms with Crippen LogP contribution in [0.4, 0.5) is 0 Å². The van der Waals surface area contributed by atoms with Gasteiger partial charge in [0, 0.05) is 18.2 Å². The number of primary amides is 1. The van der Waals surface area contributed by atoms with Crippen molar-refractivity contribution in [2.75, 3.05) is 0 Å². The lowest BCUT2D eigenvalue weighted by Crippen LogP contribution is -2.19. The molecule has 0 aliphatic heterocycles. The molecular formula is C16H18N2O3. The highest BCUT2D eigenvalue weighted by atomic mass is 16.3. The first kappa shape index (κ1) is 14.9. The maximum atomic E-state index is 11.1. The zero-order valence-corrected chi connectivity index (χ0v) is 11.7. The number of aromatic hydroxyl groups is 2. The van der Waals surface area contributed by atoms with E-state index in [-0.39, 0.29) is 17.5 Å². The van der Waals surface area contributed by atoms with Crippen LogP contribution in [0, 0.1) is 0 Å². The number of phenols is 2. The van der Waals surface area contributed by atoms with Gasteiger partial charge in [-0.1, -0.05) is 18.2 Å². The summed E-state index contributed by atoms with van der Waals surface area (Å²) in [6, 6.07) is 11.4. The van der Waals surface area contributed by atoms with E-state index >= 15 is 0 Å². The quantitative estimate of drug-likeness (QED) is 0.676. The van der Waals surface area contributed by atoms with Gasteiger partial charge < -0.3 is 21.3 Å². The van der Waals surface area contributed by atoms with Gasteiger partial charge in [-0.15, -0.1) is 0 Å². The molecular weight excluding hydrogens is 268 g/mol. The topological polar surface area (TPSA) is 95.6 Å². The minimum absolute atomic E-state index is 0.0425. The van der Waals surface area contributed by atoms with E-state index in [0.717, 1.165) is 5.56 Å². The van der Waals surface area contributed by atoms with Gasteiger partial charge in [-0.25, -0.2) is 0 Å². The van der Waals surface area contributed by atoms with Crippen molar-refractivity contribution in [3.63, 3.8) is 0 Å². The summed E-state index contributed by atoms with van der Waals surface area (Å²) in [4.78, 5) is 11.1. The summed E-state index contributed by atoms with van der Waals surface area (Å²) < 4.78 is 0. The van der Waals surface area contributed by atoms with Crippen molar-refractivity contribution >= 4 is 5.91 Å². The molecule has 0 aliphatic carbocycles. The number of carbonyl (C=O) groups excluding carboxylic acids is 1. The maximum Gasteiger partial charge on any atom is 0.248 e. The molecule has 0 spiro atoms. The summed E-state index contributed by atoms with van der Waals surface area (Å²) in [6.45, 7) is 2.32. The lowest BCUT2D eigenvalue weighted by atomic mass is 10.0. The number of hydrogen-bond donors (Lipinski definition) is 4. The van der Waals surface area contributed by atoms with Crippen LogP contribution in [0.25, 0.3) is 0 Å². The molecule has 0 fully saturated rings. The number of phenolic OH excluding ortho intramolecular Hbond substituents is 2. The van der Waals surface area contributed by atoms with Gasteiger partial charge in [-0.3, -0.25) is 4.79 Å². The third-order valence-corrected chi connectivity index (χ3v) is 3.32. The molecule has 5 nitrogen and oxygen atoms in total. The highest BCUT2D eigenvalue weighted by Crippen LogP contribution is 2.32. The molecule has 5 heteroatoms. The molecule has 0 saturated carbocycles. The van der Waals surface area contributed by atoms with Gasteiger partial charge in [0.2, 0.25) is 5.91 Å². The summed E-state index contributed by atoms with van der Waals surface area (Å²) >= 11 is 0. The second-order valence-electron chi connectivity index (χ2n) is 4.88. The van der Waals surface area contributed by atoms with E-state index in [2.05, 4.69) is 5.32 Å². The summed E-state index contributed by atoms with van der Waals surface area (Å²) in [5.41, 5.74) is 7.04. The molecule has 0 radical (unpaired) electrons. The molecule has 0 aliphatic rings. The van der Waals surface area contributed by atoms with Crippen LogP contribution < -0.4 is 11.1 Å². The van der Waals surface area contributed by atoms with Crippen molar-refractivity contribution in [2.45, 2.75) is 19.5 Å². The second-order valence-corrected chi connectivity index (χ2v) is 4.88. The second kappa shape index (κ2) is 6.28. The lowest BCUT2D eigenvalue weighted by Gasteiger charge is -2.17. The Labute approximate surface area is 123 Å². The summed E-state index contributed by atoms with van der Waals surface area (Å²) in [7, 11) is 0. The van der Waals surface area contributed by atoms with Gasteiger partial charge in [-0.05, 0) is 36.8 Å². The fourth-order valence-electron chi connectivity index (χ4n) is 2.19. The first-order chi connectivity index (χ1) is 9.99. The molecule has 1 amide bonds. The predicted molar refractivity (Wildman–Crippen MR) is 80.0 cm³/mol. The van der Waals surface area contributed by atoms with Crippen molar-refractivity contribution in [3.8, 4) is 11.5 Å². The Morgan fingerprint density at radius 1 is 1.19 bits per heavy atom. The van der Waals surface area contributed by atoms with E-state index < -0.39 is 5.91 Å². The molecule has 1 unspecified atom stereocenters. The number of benzene rings is 2. The summed E-state index contributed by atoms with van der Waals surface area (Å²) in [5, 5.41) is 22.8. The van der Waals surface area contributed by atoms with Crippen LogP contribution in [-0.4, -0.2) is 16.1 Å². The number of nitrogens with two attached hydrogens (primary N) is 1. The summed E-state index contributed by atoms with van der Waals surface area (Å²) in [5.74, 6) is -0.384. The van der Waals surface area contributed by atoms with Crippen LogP contribution in [0.1, 0.15) is 34.5 Å². The fraction of sp³-hybridized carbons (Fsp3) is 0.188. The standard InChI is InChI=1S/C16H18N2O3/c1-10(15-13(19)6-3-7-14(15)20)18-9-11-4-2-5-12(8-11)16(17)21/h2-8,10,18-20H,9H2,1H3,(H2,17,21). The Kier molecular flexibility index (Phi) is 4.45. The highest BCUT2D eigenvalue weighted by Gasteiger charge is 2.14. The van der Waals surface area contributed by atoms with E-state index in [4.69, 9.17) is 5.73 Å². The Morgan fingerprint density at radius 3 is 2.43 bits per heavy atom. The number of hydrogen-bond acceptors (Lipinski definition) is 4. The molecule has 110 valence electrons. The molecule has 0 bridgehead atoms. The molecule has 2 rings (SSSR count). The van der Waals surface area contributed by atoms with Crippen LogP contribution in [-0.2, 0) is 6.54 Å². The number of nitrogens with one attached hydrogen (secondary N) is 1. The average molecular weight is 286 g/mol. The third-order valence-electron chi connectivity index (χ3n) is 3.32. The minimum atomic E-state index is -0.469. The highest BCUT2D eigenvalue weighted by molar-refractivity contribution is 5.92. The predicted octanol–water partition coefficient (Wildman–Crippen LogP) is 2.05. The fourth-order valence-corrected chi connectivity index (χ4v) is 2.19. The average Bonchev–Trinajstić information content (AvgIpc) is 2.45. The van der Waals surface area contributed by atoms with Crippen LogP contribution in [0.5, 0.6) is 11.5 Å². The molecule has 5 N–H and O–H groups in total. The van der Waals surface area contributed by atoms with Gasteiger partial charge >= 0.3 is 0 Å². The normalized spacial score (nSPS) is 12.0. The van der Waals surface area contributed by atoms with Gasteiger partial charge in [0.25, 0.3) is 0 Å². The zero-order chi connectivity index (χ0) is 15.4. The molecule has 0 saturated heterocycles. The molecule has 0 aromatic heterocycles. The van der Waals surface area contributed by atoms with Crippen molar-refractivity contribution < 1.29 is 15.0 Å². The SMILES string of the molecule is CC(NCc1cccc(C(N)=O)c1)c1c(O)cccc1O.